The highest BCUT2D eigenvalue weighted by atomic mass is 32.1. The summed E-state index contributed by atoms with van der Waals surface area (Å²) in [5.41, 5.74) is 11.3. The van der Waals surface area contributed by atoms with Crippen molar-refractivity contribution >= 4 is 22.7 Å². The molecule has 6 rings (SSSR count). The first-order chi connectivity index (χ1) is 14.3. The third-order valence-electron chi connectivity index (χ3n) is 6.45. The molecule has 2 aliphatic carbocycles. The van der Waals surface area contributed by atoms with E-state index >= 15 is 0 Å². The van der Waals surface area contributed by atoms with Crippen molar-refractivity contribution in [3.05, 3.63) is 54.2 Å². The molecule has 0 spiro atoms. The maximum atomic E-state index is 4.59. The molecule has 0 bridgehead atoms. The number of hydrogen-bond acceptors (Lipinski definition) is 4. The number of rotatable bonds is 0. The summed E-state index contributed by atoms with van der Waals surface area (Å²) in [5.74, 6) is 0. The Hall–Kier alpha value is -2.18. The van der Waals surface area contributed by atoms with Crippen LogP contribution in [0.3, 0.4) is 0 Å². The van der Waals surface area contributed by atoms with Gasteiger partial charge in [-0.1, -0.05) is 0 Å². The predicted molar refractivity (Wildman–Crippen MR) is 127 cm³/mol. The van der Waals surface area contributed by atoms with Gasteiger partial charge in [0.1, 0.15) is 0 Å². The quantitative estimate of drug-likeness (QED) is 0.353. The first-order valence-corrected chi connectivity index (χ1v) is 12.2. The lowest BCUT2D eigenvalue weighted by atomic mass is 9.91. The van der Waals surface area contributed by atoms with E-state index in [4.69, 9.17) is 0 Å². The molecule has 4 aromatic rings. The van der Waals surface area contributed by atoms with Crippen molar-refractivity contribution in [1.82, 2.24) is 19.6 Å². The van der Waals surface area contributed by atoms with Gasteiger partial charge in [-0.15, -0.1) is 22.7 Å². The Bertz CT molecular complexity index is 1260. The number of thiophene rings is 2. The molecule has 0 aliphatic heterocycles. The van der Waals surface area contributed by atoms with Gasteiger partial charge in [0.05, 0.1) is 17.6 Å². The highest BCUT2D eigenvalue weighted by molar-refractivity contribution is 7.12. The number of aryl methyl sites for hydroxylation is 8. The molecule has 0 fully saturated rings. The molecule has 6 heteroatoms. The zero-order valence-electron chi connectivity index (χ0n) is 18.6. The first kappa shape index (κ1) is 19.8. The molecule has 0 aromatic carbocycles. The second-order valence-corrected chi connectivity index (χ2v) is 11.3. The average molecular weight is 437 g/mol. The lowest BCUT2D eigenvalue weighted by Crippen LogP contribution is -2.05. The van der Waals surface area contributed by atoms with Gasteiger partial charge in [0.15, 0.2) is 0 Å². The van der Waals surface area contributed by atoms with Crippen LogP contribution in [0.15, 0.2) is 12.4 Å². The first-order valence-electron chi connectivity index (χ1n) is 10.6. The fourth-order valence-electron chi connectivity index (χ4n) is 5.12. The lowest BCUT2D eigenvalue weighted by molar-refractivity contribution is 0.770. The SMILES string of the molecule is Cc1sc(C)c2c1CCc1cn(C)nc1-2.Cc1sc(C)c2c1CCc1cnn(C)c1-2. The van der Waals surface area contributed by atoms with Crippen LogP contribution in [0.1, 0.15) is 41.8 Å². The molecule has 0 saturated carbocycles. The minimum atomic E-state index is 1.15. The minimum absolute atomic E-state index is 1.15. The Morgan fingerprint density at radius 3 is 2.07 bits per heavy atom. The third kappa shape index (κ3) is 3.00. The van der Waals surface area contributed by atoms with Gasteiger partial charge < -0.3 is 0 Å². The van der Waals surface area contributed by atoms with Crippen molar-refractivity contribution in [2.75, 3.05) is 0 Å². The highest BCUT2D eigenvalue weighted by Crippen LogP contribution is 2.42. The van der Waals surface area contributed by atoms with Gasteiger partial charge >= 0.3 is 0 Å². The van der Waals surface area contributed by atoms with Crippen molar-refractivity contribution in [3.8, 4) is 22.5 Å². The Morgan fingerprint density at radius 2 is 1.37 bits per heavy atom. The number of hydrogen-bond donors (Lipinski definition) is 0. The van der Waals surface area contributed by atoms with Crippen LogP contribution in [0.5, 0.6) is 0 Å². The molecule has 30 heavy (non-hydrogen) atoms. The largest absolute Gasteiger partial charge is 0.275 e. The van der Waals surface area contributed by atoms with E-state index in [9.17, 15) is 0 Å². The summed E-state index contributed by atoms with van der Waals surface area (Å²) < 4.78 is 3.96. The lowest BCUT2D eigenvalue weighted by Gasteiger charge is -2.15. The standard InChI is InChI=1S/2C12H14N2S/c1-7-10-5-4-9-6-14(3)13-12(9)11(10)8(2)15-7;1-7-10-5-4-9-6-13-14(3)12(9)11(10)8(2)15-7/h2*6H,4-5H2,1-3H3. The average Bonchev–Trinajstić information content (AvgIpc) is 3.41. The van der Waals surface area contributed by atoms with Crippen LogP contribution in [0, 0.1) is 27.7 Å². The van der Waals surface area contributed by atoms with Crippen LogP contribution in [0.2, 0.25) is 0 Å². The van der Waals surface area contributed by atoms with Crippen molar-refractivity contribution in [2.24, 2.45) is 14.1 Å². The van der Waals surface area contributed by atoms with Crippen LogP contribution in [0.25, 0.3) is 22.5 Å². The predicted octanol–water partition coefficient (Wildman–Crippen LogP) is 5.73. The summed E-state index contributed by atoms with van der Waals surface area (Å²) in [6.45, 7) is 8.89. The zero-order chi connectivity index (χ0) is 21.2. The van der Waals surface area contributed by atoms with Gasteiger partial charge in [-0.2, -0.15) is 10.2 Å². The molecule has 2 aliphatic rings. The van der Waals surface area contributed by atoms with Crippen molar-refractivity contribution < 1.29 is 0 Å². The van der Waals surface area contributed by atoms with E-state index in [0.29, 0.717) is 0 Å². The van der Waals surface area contributed by atoms with Crippen LogP contribution < -0.4 is 0 Å². The fraction of sp³-hybridized carbons (Fsp3) is 0.417. The van der Waals surface area contributed by atoms with Gasteiger partial charge in [0.25, 0.3) is 0 Å². The van der Waals surface area contributed by atoms with E-state index in [2.05, 4.69) is 44.1 Å². The van der Waals surface area contributed by atoms with E-state index in [1.54, 1.807) is 5.56 Å². The molecule has 0 amide bonds. The number of aromatic nitrogens is 4. The van der Waals surface area contributed by atoms with E-state index in [0.717, 1.165) is 12.8 Å². The van der Waals surface area contributed by atoms with Crippen LogP contribution in [-0.2, 0) is 39.8 Å². The molecule has 0 saturated heterocycles. The molecule has 0 radical (unpaired) electrons. The Labute approximate surface area is 186 Å². The molecule has 0 N–H and O–H groups in total. The maximum absolute atomic E-state index is 4.59. The Kier molecular flexibility index (Phi) is 4.75. The molecule has 4 aromatic heterocycles. The second-order valence-electron chi connectivity index (χ2n) is 8.45. The van der Waals surface area contributed by atoms with Gasteiger partial charge in [-0.25, -0.2) is 0 Å². The van der Waals surface area contributed by atoms with Crippen LogP contribution in [0.4, 0.5) is 0 Å². The van der Waals surface area contributed by atoms with E-state index in [-0.39, 0.29) is 0 Å². The van der Waals surface area contributed by atoms with Crippen LogP contribution >= 0.6 is 22.7 Å². The third-order valence-corrected chi connectivity index (χ3v) is 8.58. The monoisotopic (exact) mass is 436 g/mol. The smallest absolute Gasteiger partial charge is 0.0969 e. The Morgan fingerprint density at radius 1 is 0.767 bits per heavy atom. The molecule has 4 heterocycles. The van der Waals surface area contributed by atoms with E-state index in [1.165, 1.54) is 71.6 Å². The second kappa shape index (κ2) is 7.20. The maximum Gasteiger partial charge on any atom is 0.0969 e. The summed E-state index contributed by atoms with van der Waals surface area (Å²) in [6.07, 6.45) is 8.84. The normalized spacial score (nSPS) is 13.8. The minimum Gasteiger partial charge on any atom is -0.275 e. The summed E-state index contributed by atoms with van der Waals surface area (Å²) in [4.78, 5) is 5.81. The summed E-state index contributed by atoms with van der Waals surface area (Å²) in [5, 5.41) is 8.96. The molecule has 0 atom stereocenters. The zero-order valence-corrected chi connectivity index (χ0v) is 20.2. The van der Waals surface area contributed by atoms with Crippen molar-refractivity contribution in [1.29, 1.82) is 0 Å². The van der Waals surface area contributed by atoms with Gasteiger partial charge in [-0.3, -0.25) is 9.36 Å². The number of fused-ring (bicyclic) bond motifs is 6. The molecular weight excluding hydrogens is 408 g/mol. The molecule has 4 nitrogen and oxygen atoms in total. The van der Waals surface area contributed by atoms with Crippen molar-refractivity contribution in [2.45, 2.75) is 53.4 Å². The van der Waals surface area contributed by atoms with Crippen LogP contribution in [-0.4, -0.2) is 19.6 Å². The van der Waals surface area contributed by atoms with Crippen molar-refractivity contribution in [3.63, 3.8) is 0 Å². The topological polar surface area (TPSA) is 35.6 Å². The van der Waals surface area contributed by atoms with Gasteiger partial charge in [0.2, 0.25) is 0 Å². The van der Waals surface area contributed by atoms with E-state index in [1.807, 2.05) is 52.3 Å². The van der Waals surface area contributed by atoms with E-state index < -0.39 is 0 Å². The molecule has 156 valence electrons. The Balaban J connectivity index is 0.000000128. The van der Waals surface area contributed by atoms with Gasteiger partial charge in [-0.05, 0) is 75.6 Å². The van der Waals surface area contributed by atoms with Gasteiger partial charge in [0, 0.05) is 50.9 Å². The highest BCUT2D eigenvalue weighted by Gasteiger charge is 2.25. The molecule has 0 unspecified atom stereocenters. The summed E-state index contributed by atoms with van der Waals surface area (Å²) in [7, 11) is 4.05. The fourth-order valence-corrected chi connectivity index (χ4v) is 7.34. The molecular formula is C24H28N4S2. The summed E-state index contributed by atoms with van der Waals surface area (Å²) >= 11 is 3.83. The summed E-state index contributed by atoms with van der Waals surface area (Å²) in [6, 6.07) is 0. The number of nitrogens with zero attached hydrogens (tertiary/aromatic N) is 4.